The fourth-order valence-corrected chi connectivity index (χ4v) is 3.14. The molecule has 2 aromatic rings. The lowest BCUT2D eigenvalue weighted by atomic mass is 10.1. The van der Waals surface area contributed by atoms with E-state index < -0.39 is 0 Å². The zero-order valence-corrected chi connectivity index (χ0v) is 13.7. The molecule has 0 aliphatic rings. The van der Waals surface area contributed by atoms with Gasteiger partial charge in [0.25, 0.3) is 0 Å². The number of nitrogens with zero attached hydrogens (tertiary/aromatic N) is 1. The smallest absolute Gasteiger partial charge is 0.230 e. The van der Waals surface area contributed by atoms with Crippen molar-refractivity contribution in [1.82, 2.24) is 10.3 Å². The van der Waals surface area contributed by atoms with Gasteiger partial charge in [0.15, 0.2) is 0 Å². The second-order valence-corrected chi connectivity index (χ2v) is 6.82. The monoisotopic (exact) mass is 326 g/mol. The number of hydrogen-bond acceptors (Lipinski definition) is 4. The third-order valence-electron chi connectivity index (χ3n) is 2.67. The zero-order valence-electron chi connectivity index (χ0n) is 11.3. The fourth-order valence-electron chi connectivity index (χ4n) is 1.76. The normalized spacial score (nSPS) is 10.6. The molecule has 1 aromatic carbocycles. The van der Waals surface area contributed by atoms with Gasteiger partial charge in [-0.3, -0.25) is 4.79 Å². The summed E-state index contributed by atoms with van der Waals surface area (Å²) in [6.45, 7) is 2.52. The SMILES string of the molecule is CSCC(=O)NCc1nc(-c2ccc(Cl)cc2)c(C)s1. The molecule has 0 spiro atoms. The summed E-state index contributed by atoms with van der Waals surface area (Å²) >= 11 is 9.01. The highest BCUT2D eigenvalue weighted by Crippen LogP contribution is 2.28. The summed E-state index contributed by atoms with van der Waals surface area (Å²) in [5.41, 5.74) is 2.01. The summed E-state index contributed by atoms with van der Waals surface area (Å²) < 4.78 is 0. The van der Waals surface area contributed by atoms with Crippen molar-refractivity contribution in [2.75, 3.05) is 12.0 Å². The molecule has 0 aliphatic heterocycles. The number of thiazole rings is 1. The quantitative estimate of drug-likeness (QED) is 0.909. The van der Waals surface area contributed by atoms with E-state index in [0.29, 0.717) is 17.3 Å². The van der Waals surface area contributed by atoms with Gasteiger partial charge in [-0.1, -0.05) is 23.7 Å². The number of carbonyl (C=O) groups is 1. The highest BCUT2D eigenvalue weighted by Gasteiger charge is 2.10. The number of nitrogens with one attached hydrogen (secondary N) is 1. The molecule has 3 nitrogen and oxygen atoms in total. The van der Waals surface area contributed by atoms with Crippen LogP contribution in [0.3, 0.4) is 0 Å². The number of thioether (sulfide) groups is 1. The number of rotatable bonds is 5. The standard InChI is InChI=1S/C14H15ClN2OS2/c1-9-14(10-3-5-11(15)6-4-10)17-13(20-9)7-16-12(18)8-19-2/h3-6H,7-8H2,1-2H3,(H,16,18). The van der Waals surface area contributed by atoms with Crippen LogP contribution in [0.5, 0.6) is 0 Å². The predicted molar refractivity (Wildman–Crippen MR) is 87.5 cm³/mol. The van der Waals surface area contributed by atoms with E-state index in [9.17, 15) is 4.79 Å². The molecule has 0 saturated carbocycles. The van der Waals surface area contributed by atoms with Crippen LogP contribution in [0, 0.1) is 6.92 Å². The van der Waals surface area contributed by atoms with Crippen LogP contribution in [0.15, 0.2) is 24.3 Å². The lowest BCUT2D eigenvalue weighted by Crippen LogP contribution is -2.24. The molecule has 0 saturated heterocycles. The first-order chi connectivity index (χ1) is 9.60. The largest absolute Gasteiger partial charge is 0.349 e. The number of aromatic nitrogens is 1. The molecule has 0 fully saturated rings. The zero-order chi connectivity index (χ0) is 14.5. The van der Waals surface area contributed by atoms with Crippen LogP contribution in [-0.2, 0) is 11.3 Å². The summed E-state index contributed by atoms with van der Waals surface area (Å²) in [5.74, 6) is 0.521. The first kappa shape index (κ1) is 15.4. The van der Waals surface area contributed by atoms with Crippen molar-refractivity contribution < 1.29 is 4.79 Å². The van der Waals surface area contributed by atoms with Gasteiger partial charge in [0.1, 0.15) is 5.01 Å². The van der Waals surface area contributed by atoms with Crippen LogP contribution in [-0.4, -0.2) is 22.9 Å². The molecular formula is C14H15ClN2OS2. The molecule has 0 aliphatic carbocycles. The molecule has 1 N–H and O–H groups in total. The van der Waals surface area contributed by atoms with E-state index in [1.165, 1.54) is 11.8 Å². The van der Waals surface area contributed by atoms with Crippen LogP contribution < -0.4 is 5.32 Å². The van der Waals surface area contributed by atoms with E-state index in [2.05, 4.69) is 10.3 Å². The van der Waals surface area contributed by atoms with Crippen molar-refractivity contribution in [2.24, 2.45) is 0 Å². The number of benzene rings is 1. The lowest BCUT2D eigenvalue weighted by molar-refractivity contribution is -0.118. The topological polar surface area (TPSA) is 42.0 Å². The van der Waals surface area contributed by atoms with E-state index in [-0.39, 0.29) is 5.91 Å². The van der Waals surface area contributed by atoms with Crippen molar-refractivity contribution in [3.8, 4) is 11.3 Å². The molecule has 6 heteroatoms. The van der Waals surface area contributed by atoms with E-state index in [0.717, 1.165) is 21.1 Å². The van der Waals surface area contributed by atoms with Gasteiger partial charge >= 0.3 is 0 Å². The molecule has 0 radical (unpaired) electrons. The minimum absolute atomic E-state index is 0.0402. The maximum Gasteiger partial charge on any atom is 0.230 e. The Labute approximate surface area is 131 Å². The Morgan fingerprint density at radius 2 is 2.10 bits per heavy atom. The van der Waals surface area contributed by atoms with Gasteiger partial charge in [-0.05, 0) is 25.3 Å². The van der Waals surface area contributed by atoms with Gasteiger partial charge < -0.3 is 5.32 Å². The van der Waals surface area contributed by atoms with Gasteiger partial charge in [-0.15, -0.1) is 11.3 Å². The Morgan fingerprint density at radius 1 is 1.40 bits per heavy atom. The van der Waals surface area contributed by atoms with E-state index in [1.807, 2.05) is 37.4 Å². The van der Waals surface area contributed by atoms with E-state index in [1.54, 1.807) is 11.3 Å². The molecule has 0 unspecified atom stereocenters. The summed E-state index contributed by atoms with van der Waals surface area (Å²) in [7, 11) is 0. The van der Waals surface area contributed by atoms with Crippen molar-refractivity contribution in [3.05, 3.63) is 39.2 Å². The molecule has 20 heavy (non-hydrogen) atoms. The third-order valence-corrected chi connectivity index (χ3v) is 4.44. The van der Waals surface area contributed by atoms with Crippen LogP contribution in [0.1, 0.15) is 9.88 Å². The molecule has 106 valence electrons. The van der Waals surface area contributed by atoms with Crippen LogP contribution in [0.25, 0.3) is 11.3 Å². The fraction of sp³-hybridized carbons (Fsp3) is 0.286. The van der Waals surface area contributed by atoms with E-state index in [4.69, 9.17) is 11.6 Å². The van der Waals surface area contributed by atoms with Crippen LogP contribution in [0.4, 0.5) is 0 Å². The second kappa shape index (κ2) is 7.11. The Hall–Kier alpha value is -1.04. The van der Waals surface area contributed by atoms with Crippen molar-refractivity contribution >= 4 is 40.6 Å². The molecule has 0 atom stereocenters. The van der Waals surface area contributed by atoms with Gasteiger partial charge in [0.05, 0.1) is 18.0 Å². The second-order valence-electron chi connectivity index (χ2n) is 4.23. The van der Waals surface area contributed by atoms with Crippen molar-refractivity contribution in [2.45, 2.75) is 13.5 Å². The first-order valence-electron chi connectivity index (χ1n) is 6.08. The Balaban J connectivity index is 2.09. The van der Waals surface area contributed by atoms with Gasteiger partial charge in [-0.2, -0.15) is 11.8 Å². The highest BCUT2D eigenvalue weighted by molar-refractivity contribution is 7.99. The average molecular weight is 327 g/mol. The Morgan fingerprint density at radius 3 is 2.75 bits per heavy atom. The summed E-state index contributed by atoms with van der Waals surface area (Å²) in [4.78, 5) is 17.2. The first-order valence-corrected chi connectivity index (χ1v) is 8.67. The number of amides is 1. The maximum absolute atomic E-state index is 11.4. The molecule has 0 bridgehead atoms. The molecular weight excluding hydrogens is 312 g/mol. The lowest BCUT2D eigenvalue weighted by Gasteiger charge is -2.00. The van der Waals surface area contributed by atoms with Crippen LogP contribution in [0.2, 0.25) is 5.02 Å². The van der Waals surface area contributed by atoms with Crippen molar-refractivity contribution in [3.63, 3.8) is 0 Å². The highest BCUT2D eigenvalue weighted by atomic mass is 35.5. The molecule has 1 amide bonds. The minimum atomic E-state index is 0.0402. The van der Waals surface area contributed by atoms with Gasteiger partial charge in [-0.25, -0.2) is 4.98 Å². The van der Waals surface area contributed by atoms with Gasteiger partial charge in [0, 0.05) is 15.5 Å². The molecule has 1 aromatic heterocycles. The number of carbonyl (C=O) groups excluding carboxylic acids is 1. The number of hydrogen-bond donors (Lipinski definition) is 1. The minimum Gasteiger partial charge on any atom is -0.349 e. The maximum atomic E-state index is 11.4. The number of aryl methyl sites for hydroxylation is 1. The summed E-state index contributed by atoms with van der Waals surface area (Å²) in [5, 5.41) is 4.50. The molecule has 1 heterocycles. The Kier molecular flexibility index (Phi) is 5.46. The van der Waals surface area contributed by atoms with Gasteiger partial charge in [0.2, 0.25) is 5.91 Å². The summed E-state index contributed by atoms with van der Waals surface area (Å²) in [6.07, 6.45) is 1.91. The van der Waals surface area contributed by atoms with Crippen molar-refractivity contribution in [1.29, 1.82) is 0 Å². The third kappa shape index (κ3) is 3.98. The average Bonchev–Trinajstić information content (AvgIpc) is 2.79. The van der Waals surface area contributed by atoms with E-state index >= 15 is 0 Å². The predicted octanol–water partition coefficient (Wildman–Crippen LogP) is 3.75. The number of halogens is 1. The Bertz CT molecular complexity index is 596. The van der Waals surface area contributed by atoms with Crippen LogP contribution >= 0.6 is 34.7 Å². The summed E-state index contributed by atoms with van der Waals surface area (Å²) in [6, 6.07) is 7.63. The molecule has 2 rings (SSSR count).